The topological polar surface area (TPSA) is 101 Å². The van der Waals surface area contributed by atoms with Gasteiger partial charge in [0, 0.05) is 23.5 Å². The number of Topliss-reactive ketones (excluding diaryl/α,β-unsaturated/α-hetero) is 1. The molecule has 7 nitrogen and oxygen atoms in total. The second-order valence-corrected chi connectivity index (χ2v) is 6.41. The lowest BCUT2D eigenvalue weighted by Gasteiger charge is -2.09. The number of ether oxygens (including phenoxy) is 2. The first-order valence-corrected chi connectivity index (χ1v) is 8.61. The van der Waals surface area contributed by atoms with E-state index in [0.29, 0.717) is 22.8 Å². The van der Waals surface area contributed by atoms with Crippen molar-refractivity contribution >= 4 is 35.0 Å². The summed E-state index contributed by atoms with van der Waals surface area (Å²) in [5.74, 6) is -1.32. The summed E-state index contributed by atoms with van der Waals surface area (Å²) in [6, 6.07) is 6.07. The van der Waals surface area contributed by atoms with Gasteiger partial charge in [0.1, 0.15) is 0 Å². The zero-order valence-electron chi connectivity index (χ0n) is 15.4. The molecular weight excluding hydrogens is 372 g/mol. The number of aryl methyl sites for hydroxylation is 1. The fraction of sp³-hybridized carbons (Fsp3) is 0.316. The number of hydrogen-bond acceptors (Lipinski definition) is 6. The smallest absolute Gasteiger partial charge is 0.338 e. The number of nitrogens with zero attached hydrogens (tertiary/aromatic N) is 1. The van der Waals surface area contributed by atoms with Gasteiger partial charge in [-0.2, -0.15) is 0 Å². The van der Waals surface area contributed by atoms with Crippen molar-refractivity contribution in [3.05, 3.63) is 51.8 Å². The molecule has 8 heteroatoms. The van der Waals surface area contributed by atoms with Crippen LogP contribution in [0.4, 0.5) is 5.69 Å². The Labute approximate surface area is 162 Å². The van der Waals surface area contributed by atoms with Gasteiger partial charge in [-0.1, -0.05) is 11.6 Å². The molecule has 0 aliphatic rings. The Morgan fingerprint density at radius 2 is 1.89 bits per heavy atom. The van der Waals surface area contributed by atoms with Crippen LogP contribution >= 0.6 is 11.6 Å². The van der Waals surface area contributed by atoms with Gasteiger partial charge in [-0.15, -0.1) is 0 Å². The van der Waals surface area contributed by atoms with E-state index in [4.69, 9.17) is 22.1 Å². The van der Waals surface area contributed by atoms with Crippen LogP contribution in [-0.2, 0) is 20.8 Å². The van der Waals surface area contributed by atoms with E-state index >= 15 is 0 Å². The van der Waals surface area contributed by atoms with Gasteiger partial charge in [-0.3, -0.25) is 9.59 Å². The summed E-state index contributed by atoms with van der Waals surface area (Å²) in [4.78, 5) is 35.9. The Balaban J connectivity index is 2.04. The molecule has 1 heterocycles. The SMILES string of the molecule is COC(=O)CCn1c(C)cc(C(=O)COC(=O)c2ccc(Cl)c(N)c2)c1C. The maximum absolute atomic E-state index is 12.5. The number of nitrogen functional groups attached to an aromatic ring is 1. The number of halogens is 1. The third-order valence-electron chi connectivity index (χ3n) is 4.21. The van der Waals surface area contributed by atoms with E-state index in [1.54, 1.807) is 13.0 Å². The minimum absolute atomic E-state index is 0.202. The van der Waals surface area contributed by atoms with Crippen molar-refractivity contribution in [1.29, 1.82) is 0 Å². The molecule has 0 aliphatic heterocycles. The maximum atomic E-state index is 12.5. The van der Waals surface area contributed by atoms with E-state index in [1.165, 1.54) is 25.3 Å². The van der Waals surface area contributed by atoms with Crippen LogP contribution in [0, 0.1) is 13.8 Å². The number of esters is 2. The summed E-state index contributed by atoms with van der Waals surface area (Å²) in [6.45, 7) is 3.62. The molecule has 1 aromatic carbocycles. The van der Waals surface area contributed by atoms with Crippen LogP contribution < -0.4 is 5.73 Å². The van der Waals surface area contributed by atoms with Crippen molar-refractivity contribution in [1.82, 2.24) is 4.57 Å². The first-order valence-electron chi connectivity index (χ1n) is 8.23. The van der Waals surface area contributed by atoms with Crippen molar-refractivity contribution in [2.75, 3.05) is 19.5 Å². The second kappa shape index (κ2) is 8.73. The van der Waals surface area contributed by atoms with Gasteiger partial charge < -0.3 is 19.8 Å². The van der Waals surface area contributed by atoms with Gasteiger partial charge in [0.25, 0.3) is 0 Å². The normalized spacial score (nSPS) is 10.5. The summed E-state index contributed by atoms with van der Waals surface area (Å²) in [6.07, 6.45) is 0.202. The molecule has 0 aliphatic carbocycles. The van der Waals surface area contributed by atoms with E-state index in [-0.39, 0.29) is 29.4 Å². The third-order valence-corrected chi connectivity index (χ3v) is 4.55. The standard InChI is InChI=1S/C19H21ClN2O5/c1-11-8-14(12(2)22(11)7-6-18(24)26-3)17(23)10-27-19(25)13-4-5-15(20)16(21)9-13/h4-5,8-9H,6-7,10,21H2,1-3H3. The Hall–Kier alpha value is -2.80. The van der Waals surface area contributed by atoms with Crippen molar-refractivity contribution in [2.45, 2.75) is 26.8 Å². The number of methoxy groups -OCH3 is 1. The van der Waals surface area contributed by atoms with Gasteiger partial charge >= 0.3 is 11.9 Å². The molecule has 0 amide bonds. The molecule has 2 aromatic rings. The first-order chi connectivity index (χ1) is 12.7. The summed E-state index contributed by atoms with van der Waals surface area (Å²) in [7, 11) is 1.33. The average molecular weight is 393 g/mol. The molecule has 2 N–H and O–H groups in total. The Morgan fingerprint density at radius 1 is 1.19 bits per heavy atom. The van der Waals surface area contributed by atoms with E-state index in [1.807, 2.05) is 11.5 Å². The number of aromatic nitrogens is 1. The number of carbonyl (C=O) groups excluding carboxylic acids is 3. The summed E-state index contributed by atoms with van der Waals surface area (Å²) >= 11 is 5.82. The average Bonchev–Trinajstić information content (AvgIpc) is 2.93. The molecule has 0 saturated heterocycles. The predicted molar refractivity (Wildman–Crippen MR) is 101 cm³/mol. The summed E-state index contributed by atoms with van der Waals surface area (Å²) < 4.78 is 11.6. The van der Waals surface area contributed by atoms with Crippen LogP contribution in [0.1, 0.15) is 38.5 Å². The van der Waals surface area contributed by atoms with E-state index in [9.17, 15) is 14.4 Å². The highest BCUT2D eigenvalue weighted by Gasteiger charge is 2.18. The molecule has 0 bridgehead atoms. The highest BCUT2D eigenvalue weighted by atomic mass is 35.5. The largest absolute Gasteiger partial charge is 0.469 e. The quantitative estimate of drug-likeness (QED) is 0.441. The molecule has 0 spiro atoms. The number of anilines is 1. The van der Waals surface area contributed by atoms with E-state index in [2.05, 4.69) is 4.74 Å². The fourth-order valence-electron chi connectivity index (χ4n) is 2.70. The monoisotopic (exact) mass is 392 g/mol. The van der Waals surface area contributed by atoms with E-state index in [0.717, 1.165) is 5.69 Å². The molecule has 0 unspecified atom stereocenters. The molecule has 144 valence electrons. The summed E-state index contributed by atoms with van der Waals surface area (Å²) in [5, 5.41) is 0.335. The molecule has 27 heavy (non-hydrogen) atoms. The van der Waals surface area contributed by atoms with Gasteiger partial charge in [-0.05, 0) is 38.1 Å². The number of nitrogens with two attached hydrogens (primary N) is 1. The second-order valence-electron chi connectivity index (χ2n) is 6.00. The van der Waals surface area contributed by atoms with Crippen molar-refractivity contribution in [2.24, 2.45) is 0 Å². The predicted octanol–water partition coefficient (Wildman–Crippen LogP) is 2.94. The lowest BCUT2D eigenvalue weighted by atomic mass is 10.1. The number of carbonyl (C=O) groups is 3. The zero-order valence-corrected chi connectivity index (χ0v) is 16.1. The maximum Gasteiger partial charge on any atom is 0.338 e. The number of ketones is 1. The Kier molecular flexibility index (Phi) is 6.63. The van der Waals surface area contributed by atoms with Crippen LogP contribution in [0.15, 0.2) is 24.3 Å². The fourth-order valence-corrected chi connectivity index (χ4v) is 2.81. The number of benzene rings is 1. The molecule has 0 atom stereocenters. The zero-order chi connectivity index (χ0) is 20.1. The Morgan fingerprint density at radius 3 is 2.52 bits per heavy atom. The Bertz CT molecular complexity index is 888. The van der Waals surface area contributed by atoms with Gasteiger partial charge in [0.15, 0.2) is 6.61 Å². The van der Waals surface area contributed by atoms with Crippen molar-refractivity contribution < 1.29 is 23.9 Å². The molecule has 0 radical (unpaired) electrons. The van der Waals surface area contributed by atoms with Crippen LogP contribution in [-0.4, -0.2) is 36.0 Å². The van der Waals surface area contributed by atoms with Crippen LogP contribution in [0.3, 0.4) is 0 Å². The van der Waals surface area contributed by atoms with Crippen LogP contribution in [0.25, 0.3) is 0 Å². The highest BCUT2D eigenvalue weighted by Crippen LogP contribution is 2.20. The van der Waals surface area contributed by atoms with E-state index < -0.39 is 12.6 Å². The third kappa shape index (κ3) is 4.89. The molecular formula is C19H21ClN2O5. The highest BCUT2D eigenvalue weighted by molar-refractivity contribution is 6.33. The number of hydrogen-bond donors (Lipinski definition) is 1. The lowest BCUT2D eigenvalue weighted by molar-refractivity contribution is -0.140. The minimum atomic E-state index is -0.661. The van der Waals surface area contributed by atoms with Gasteiger partial charge in [-0.25, -0.2) is 4.79 Å². The van der Waals surface area contributed by atoms with Crippen LogP contribution in [0.5, 0.6) is 0 Å². The minimum Gasteiger partial charge on any atom is -0.469 e. The number of rotatable bonds is 7. The van der Waals surface area contributed by atoms with Gasteiger partial charge in [0.2, 0.25) is 5.78 Å². The van der Waals surface area contributed by atoms with Gasteiger partial charge in [0.05, 0.1) is 29.8 Å². The lowest BCUT2D eigenvalue weighted by Crippen LogP contribution is -2.15. The molecule has 2 rings (SSSR count). The molecule has 0 saturated carbocycles. The molecule has 0 fully saturated rings. The first kappa shape index (κ1) is 20.5. The van der Waals surface area contributed by atoms with Crippen molar-refractivity contribution in [3.8, 4) is 0 Å². The van der Waals surface area contributed by atoms with Crippen molar-refractivity contribution in [3.63, 3.8) is 0 Å². The molecule has 1 aromatic heterocycles. The van der Waals surface area contributed by atoms with Crippen LogP contribution in [0.2, 0.25) is 5.02 Å². The summed E-state index contributed by atoms with van der Waals surface area (Å²) in [5.41, 5.74) is 8.11.